The number of rotatable bonds is 4. The number of furan rings is 1. The molecular formula is C12H15Cl2NO2. The Hall–Kier alpha value is -0.670. The van der Waals surface area contributed by atoms with Crippen LogP contribution in [0.25, 0.3) is 0 Å². The van der Waals surface area contributed by atoms with Crippen LogP contribution in [0.1, 0.15) is 26.0 Å². The molecule has 1 aliphatic carbocycles. The Morgan fingerprint density at radius 1 is 1.65 bits per heavy atom. The largest absolute Gasteiger partial charge is 0.469 e. The molecule has 5 heteroatoms. The van der Waals surface area contributed by atoms with Crippen LogP contribution in [-0.2, 0) is 11.2 Å². The quantitative estimate of drug-likeness (QED) is 0.859. The molecule has 94 valence electrons. The van der Waals surface area contributed by atoms with E-state index in [0.29, 0.717) is 12.8 Å². The van der Waals surface area contributed by atoms with E-state index < -0.39 is 9.75 Å². The van der Waals surface area contributed by atoms with Gasteiger partial charge in [0.15, 0.2) is 0 Å². The SMILES string of the molecule is C[C@H](Cc1ccco1)NC(=O)[C@]1(C)CC1(Cl)Cl. The summed E-state index contributed by atoms with van der Waals surface area (Å²) in [5.74, 6) is 0.753. The van der Waals surface area contributed by atoms with Gasteiger partial charge in [-0.25, -0.2) is 0 Å². The van der Waals surface area contributed by atoms with Crippen molar-refractivity contribution in [3.05, 3.63) is 24.2 Å². The van der Waals surface area contributed by atoms with Gasteiger partial charge in [-0.3, -0.25) is 4.79 Å². The first-order valence-corrected chi connectivity index (χ1v) is 6.32. The number of hydrogen-bond donors (Lipinski definition) is 1. The van der Waals surface area contributed by atoms with Gasteiger partial charge in [-0.05, 0) is 32.4 Å². The highest BCUT2D eigenvalue weighted by Crippen LogP contribution is 2.63. The van der Waals surface area contributed by atoms with Crippen LogP contribution in [0.15, 0.2) is 22.8 Å². The van der Waals surface area contributed by atoms with Crippen LogP contribution in [0, 0.1) is 5.41 Å². The van der Waals surface area contributed by atoms with E-state index in [9.17, 15) is 4.79 Å². The fraction of sp³-hybridized carbons (Fsp3) is 0.583. The molecule has 0 bridgehead atoms. The fourth-order valence-corrected chi connectivity index (χ4v) is 2.52. The Bertz CT molecular complexity index is 416. The fourth-order valence-electron chi connectivity index (χ4n) is 1.81. The summed E-state index contributed by atoms with van der Waals surface area (Å²) in [4.78, 5) is 12.0. The highest BCUT2D eigenvalue weighted by molar-refractivity contribution is 6.53. The van der Waals surface area contributed by atoms with Crippen molar-refractivity contribution in [1.29, 1.82) is 0 Å². The number of alkyl halides is 2. The Morgan fingerprint density at radius 2 is 2.29 bits per heavy atom. The summed E-state index contributed by atoms with van der Waals surface area (Å²) < 4.78 is 4.31. The molecule has 1 aromatic heterocycles. The first kappa shape index (κ1) is 12.8. The number of amides is 1. The third kappa shape index (κ3) is 2.45. The predicted octanol–water partition coefficient (Wildman–Crippen LogP) is 2.91. The lowest BCUT2D eigenvalue weighted by Crippen LogP contribution is -2.40. The van der Waals surface area contributed by atoms with E-state index in [1.54, 1.807) is 13.2 Å². The summed E-state index contributed by atoms with van der Waals surface area (Å²) >= 11 is 11.9. The summed E-state index contributed by atoms with van der Waals surface area (Å²) in [6.07, 6.45) is 2.78. The summed E-state index contributed by atoms with van der Waals surface area (Å²) in [6, 6.07) is 3.71. The van der Waals surface area contributed by atoms with E-state index in [1.807, 2.05) is 19.1 Å². The van der Waals surface area contributed by atoms with Crippen LogP contribution in [0.5, 0.6) is 0 Å². The minimum absolute atomic E-state index is 0.00444. The molecular weight excluding hydrogens is 261 g/mol. The maximum Gasteiger partial charge on any atom is 0.229 e. The van der Waals surface area contributed by atoms with Gasteiger partial charge in [0.1, 0.15) is 10.1 Å². The Kier molecular flexibility index (Phi) is 3.17. The van der Waals surface area contributed by atoms with E-state index in [1.165, 1.54) is 0 Å². The molecule has 0 radical (unpaired) electrons. The number of halogens is 2. The first-order valence-electron chi connectivity index (χ1n) is 5.56. The topological polar surface area (TPSA) is 42.2 Å². The van der Waals surface area contributed by atoms with Crippen molar-refractivity contribution in [3.63, 3.8) is 0 Å². The van der Waals surface area contributed by atoms with E-state index in [2.05, 4.69) is 5.32 Å². The zero-order valence-corrected chi connectivity index (χ0v) is 11.3. The first-order chi connectivity index (χ1) is 7.85. The van der Waals surface area contributed by atoms with Gasteiger partial charge in [0, 0.05) is 12.5 Å². The Labute approximate surface area is 110 Å². The molecule has 17 heavy (non-hydrogen) atoms. The minimum Gasteiger partial charge on any atom is -0.469 e. The minimum atomic E-state index is -0.915. The highest BCUT2D eigenvalue weighted by Gasteiger charge is 2.67. The molecule has 0 unspecified atom stereocenters. The Balaban J connectivity index is 1.88. The van der Waals surface area contributed by atoms with Crippen molar-refractivity contribution in [3.8, 4) is 0 Å². The molecule has 2 atom stereocenters. The normalized spacial score (nSPS) is 27.5. The maximum atomic E-state index is 12.0. The third-order valence-electron chi connectivity index (χ3n) is 3.22. The number of carbonyl (C=O) groups is 1. The standard InChI is InChI=1S/C12H15Cl2NO2/c1-8(6-9-4-3-5-17-9)15-10(16)11(2)7-12(11,13)14/h3-5,8H,6-7H2,1-2H3,(H,15,16)/t8-,11+/m1/s1. The van der Waals surface area contributed by atoms with Crippen molar-refractivity contribution in [1.82, 2.24) is 5.32 Å². The molecule has 1 N–H and O–H groups in total. The van der Waals surface area contributed by atoms with E-state index >= 15 is 0 Å². The van der Waals surface area contributed by atoms with Crippen LogP contribution in [0.3, 0.4) is 0 Å². The molecule has 1 aliphatic rings. The average Bonchev–Trinajstić information content (AvgIpc) is 2.64. The Morgan fingerprint density at radius 3 is 2.76 bits per heavy atom. The van der Waals surface area contributed by atoms with E-state index in [-0.39, 0.29) is 11.9 Å². The average molecular weight is 276 g/mol. The molecule has 0 saturated heterocycles. The molecule has 3 nitrogen and oxygen atoms in total. The summed E-state index contributed by atoms with van der Waals surface area (Å²) in [5.41, 5.74) is -0.659. The number of hydrogen-bond acceptors (Lipinski definition) is 2. The van der Waals surface area contributed by atoms with Crippen molar-refractivity contribution < 1.29 is 9.21 Å². The van der Waals surface area contributed by atoms with E-state index in [4.69, 9.17) is 27.6 Å². The lowest BCUT2D eigenvalue weighted by molar-refractivity contribution is -0.126. The van der Waals surface area contributed by atoms with Gasteiger partial charge >= 0.3 is 0 Å². The van der Waals surface area contributed by atoms with Gasteiger partial charge in [-0.15, -0.1) is 23.2 Å². The predicted molar refractivity (Wildman–Crippen MR) is 67.2 cm³/mol. The second-order valence-corrected chi connectivity index (χ2v) is 6.36. The van der Waals surface area contributed by atoms with Crippen LogP contribution < -0.4 is 5.32 Å². The van der Waals surface area contributed by atoms with Crippen molar-refractivity contribution in [2.24, 2.45) is 5.41 Å². The van der Waals surface area contributed by atoms with Crippen LogP contribution >= 0.6 is 23.2 Å². The van der Waals surface area contributed by atoms with Gasteiger partial charge in [-0.1, -0.05) is 0 Å². The smallest absolute Gasteiger partial charge is 0.229 e. The second kappa shape index (κ2) is 4.21. The number of carbonyl (C=O) groups excluding carboxylic acids is 1. The lowest BCUT2D eigenvalue weighted by atomic mass is 10.1. The third-order valence-corrected chi connectivity index (χ3v) is 4.33. The summed E-state index contributed by atoms with van der Waals surface area (Å²) in [7, 11) is 0. The van der Waals surface area contributed by atoms with Gasteiger partial charge in [0.25, 0.3) is 0 Å². The summed E-state index contributed by atoms with van der Waals surface area (Å²) in [6.45, 7) is 3.71. The van der Waals surface area contributed by atoms with Crippen molar-refractivity contribution in [2.45, 2.75) is 37.1 Å². The molecule has 2 rings (SSSR count). The van der Waals surface area contributed by atoms with Crippen LogP contribution in [0.4, 0.5) is 0 Å². The molecule has 1 heterocycles. The molecule has 0 spiro atoms. The van der Waals surface area contributed by atoms with Crippen molar-refractivity contribution in [2.75, 3.05) is 0 Å². The highest BCUT2D eigenvalue weighted by atomic mass is 35.5. The molecule has 1 aromatic rings. The molecule has 0 aliphatic heterocycles. The van der Waals surface area contributed by atoms with Gasteiger partial charge in [0.2, 0.25) is 5.91 Å². The zero-order chi connectivity index (χ0) is 12.7. The molecule has 0 aromatic carbocycles. The maximum absolute atomic E-state index is 12.0. The zero-order valence-electron chi connectivity index (χ0n) is 9.80. The van der Waals surface area contributed by atoms with Gasteiger partial charge < -0.3 is 9.73 Å². The molecule has 1 fully saturated rings. The van der Waals surface area contributed by atoms with Crippen LogP contribution in [-0.4, -0.2) is 16.3 Å². The van der Waals surface area contributed by atoms with Crippen molar-refractivity contribution >= 4 is 29.1 Å². The van der Waals surface area contributed by atoms with Gasteiger partial charge in [-0.2, -0.15) is 0 Å². The second-order valence-electron chi connectivity index (χ2n) is 4.87. The van der Waals surface area contributed by atoms with E-state index in [0.717, 1.165) is 5.76 Å². The number of nitrogens with one attached hydrogen (secondary N) is 1. The van der Waals surface area contributed by atoms with Gasteiger partial charge in [0.05, 0.1) is 11.7 Å². The lowest BCUT2D eigenvalue weighted by Gasteiger charge is -2.17. The summed E-state index contributed by atoms with van der Waals surface area (Å²) in [5, 5.41) is 2.91. The van der Waals surface area contributed by atoms with Crippen LogP contribution in [0.2, 0.25) is 0 Å². The molecule has 1 amide bonds. The molecule has 1 saturated carbocycles. The monoisotopic (exact) mass is 275 g/mol.